The number of hydrogen-bond acceptors (Lipinski definition) is 2. The summed E-state index contributed by atoms with van der Waals surface area (Å²) >= 11 is 0. The summed E-state index contributed by atoms with van der Waals surface area (Å²) in [6, 6.07) is 12.9. The highest BCUT2D eigenvalue weighted by Gasteiger charge is 2.08. The van der Waals surface area contributed by atoms with Crippen molar-refractivity contribution >= 4 is 10.9 Å². The summed E-state index contributed by atoms with van der Waals surface area (Å²) in [7, 11) is 0. The Labute approximate surface area is 113 Å². The Kier molecular flexibility index (Phi) is 2.95. The Morgan fingerprint density at radius 1 is 1.05 bits per heavy atom. The summed E-state index contributed by atoms with van der Waals surface area (Å²) in [4.78, 5) is 26.8. The van der Waals surface area contributed by atoms with Crippen LogP contribution in [-0.4, -0.2) is 9.55 Å². The summed E-state index contributed by atoms with van der Waals surface area (Å²) in [5.74, 6) is -0.507. The van der Waals surface area contributed by atoms with Gasteiger partial charge in [-0.15, -0.1) is 0 Å². The van der Waals surface area contributed by atoms with E-state index in [1.54, 1.807) is 0 Å². The highest BCUT2D eigenvalue weighted by Crippen LogP contribution is 2.08. The first-order valence-corrected chi connectivity index (χ1v) is 6.11. The maximum Gasteiger partial charge on any atom is 0.329 e. The molecule has 1 N–H and O–H groups in total. The topological polar surface area (TPSA) is 54.9 Å². The maximum atomic E-state index is 13.2. The van der Waals surface area contributed by atoms with E-state index in [0.717, 1.165) is 16.2 Å². The summed E-state index contributed by atoms with van der Waals surface area (Å²) in [5.41, 5.74) is 0.173. The molecule has 0 bridgehead atoms. The predicted molar refractivity (Wildman–Crippen MR) is 74.3 cm³/mol. The van der Waals surface area contributed by atoms with Gasteiger partial charge in [0.15, 0.2) is 0 Å². The summed E-state index contributed by atoms with van der Waals surface area (Å²) in [6.07, 6.45) is 0. The third-order valence-corrected chi connectivity index (χ3v) is 3.13. The fraction of sp³-hybridized carbons (Fsp3) is 0.0667. The molecule has 3 aromatic rings. The first kappa shape index (κ1) is 12.3. The first-order valence-electron chi connectivity index (χ1n) is 6.11. The molecule has 0 amide bonds. The SMILES string of the molecule is O=c1[nH]c2ccc(F)cc2c(=O)n1Cc1ccccc1. The lowest BCUT2D eigenvalue weighted by molar-refractivity contribution is 0.628. The summed E-state index contributed by atoms with van der Waals surface area (Å²) in [6.45, 7) is 0.154. The van der Waals surface area contributed by atoms with Crippen LogP contribution in [0.4, 0.5) is 4.39 Å². The number of aromatic amines is 1. The number of hydrogen-bond donors (Lipinski definition) is 1. The number of halogens is 1. The van der Waals surface area contributed by atoms with Crippen LogP contribution in [0.5, 0.6) is 0 Å². The van der Waals surface area contributed by atoms with E-state index in [4.69, 9.17) is 0 Å². The zero-order valence-corrected chi connectivity index (χ0v) is 10.5. The molecule has 0 aliphatic heterocycles. The van der Waals surface area contributed by atoms with Crippen molar-refractivity contribution in [1.29, 1.82) is 0 Å². The molecule has 0 atom stereocenters. The number of benzene rings is 2. The average Bonchev–Trinajstić information content (AvgIpc) is 2.46. The normalized spacial score (nSPS) is 10.8. The molecule has 0 unspecified atom stereocenters. The number of nitrogens with zero attached hydrogens (tertiary/aromatic N) is 1. The van der Waals surface area contributed by atoms with Crippen molar-refractivity contribution < 1.29 is 4.39 Å². The molecule has 3 rings (SSSR count). The van der Waals surface area contributed by atoms with Gasteiger partial charge in [-0.1, -0.05) is 30.3 Å². The monoisotopic (exact) mass is 270 g/mol. The van der Waals surface area contributed by atoms with Crippen LogP contribution in [0.2, 0.25) is 0 Å². The third-order valence-electron chi connectivity index (χ3n) is 3.13. The molecule has 0 saturated heterocycles. The van der Waals surface area contributed by atoms with E-state index in [1.165, 1.54) is 12.1 Å². The average molecular weight is 270 g/mol. The molecule has 0 saturated carbocycles. The Hall–Kier alpha value is -2.69. The lowest BCUT2D eigenvalue weighted by atomic mass is 10.2. The molecule has 5 heteroatoms. The van der Waals surface area contributed by atoms with Crippen molar-refractivity contribution in [2.75, 3.05) is 0 Å². The molecule has 20 heavy (non-hydrogen) atoms. The quantitative estimate of drug-likeness (QED) is 0.773. The number of nitrogens with one attached hydrogen (secondary N) is 1. The van der Waals surface area contributed by atoms with Crippen LogP contribution in [0.3, 0.4) is 0 Å². The molecule has 1 aromatic heterocycles. The third kappa shape index (κ3) is 2.14. The van der Waals surface area contributed by atoms with Crippen molar-refractivity contribution in [3.8, 4) is 0 Å². The largest absolute Gasteiger partial charge is 0.329 e. The number of rotatable bonds is 2. The minimum Gasteiger partial charge on any atom is -0.307 e. The molecular formula is C15H11FN2O2. The van der Waals surface area contributed by atoms with Gasteiger partial charge in [0.1, 0.15) is 5.82 Å². The standard InChI is InChI=1S/C15H11FN2O2/c16-11-6-7-13-12(8-11)14(19)18(15(20)17-13)9-10-4-2-1-3-5-10/h1-8H,9H2,(H,17,20). The molecule has 0 fully saturated rings. The van der Waals surface area contributed by atoms with Crippen LogP contribution in [0, 0.1) is 5.82 Å². The van der Waals surface area contributed by atoms with Crippen molar-refractivity contribution in [2.45, 2.75) is 6.54 Å². The van der Waals surface area contributed by atoms with Gasteiger partial charge >= 0.3 is 5.69 Å². The van der Waals surface area contributed by atoms with Crippen molar-refractivity contribution in [3.05, 3.63) is 80.7 Å². The molecule has 0 aliphatic rings. The van der Waals surface area contributed by atoms with Crippen LogP contribution >= 0.6 is 0 Å². The lowest BCUT2D eigenvalue weighted by Gasteiger charge is -2.06. The second kappa shape index (κ2) is 4.77. The Morgan fingerprint density at radius 3 is 2.55 bits per heavy atom. The van der Waals surface area contributed by atoms with Crippen LogP contribution in [0.15, 0.2) is 58.1 Å². The summed E-state index contributed by atoms with van der Waals surface area (Å²) < 4.78 is 14.3. The van der Waals surface area contributed by atoms with E-state index < -0.39 is 17.1 Å². The lowest BCUT2D eigenvalue weighted by Crippen LogP contribution is -2.35. The van der Waals surface area contributed by atoms with Gasteiger partial charge in [-0.25, -0.2) is 9.18 Å². The van der Waals surface area contributed by atoms with Gasteiger partial charge < -0.3 is 4.98 Å². The molecular weight excluding hydrogens is 259 g/mol. The second-order valence-electron chi connectivity index (χ2n) is 4.50. The molecule has 0 spiro atoms. The van der Waals surface area contributed by atoms with Gasteiger partial charge in [-0.05, 0) is 23.8 Å². The highest BCUT2D eigenvalue weighted by molar-refractivity contribution is 5.77. The Balaban J connectivity index is 2.21. The van der Waals surface area contributed by atoms with Crippen LogP contribution in [0.1, 0.15) is 5.56 Å². The Bertz CT molecular complexity index is 882. The van der Waals surface area contributed by atoms with E-state index in [9.17, 15) is 14.0 Å². The van der Waals surface area contributed by atoms with Crippen LogP contribution < -0.4 is 11.2 Å². The van der Waals surface area contributed by atoms with Gasteiger partial charge in [0.25, 0.3) is 5.56 Å². The summed E-state index contributed by atoms with van der Waals surface area (Å²) in [5, 5.41) is 0.167. The van der Waals surface area contributed by atoms with Gasteiger partial charge in [-0.3, -0.25) is 9.36 Å². The van der Waals surface area contributed by atoms with E-state index >= 15 is 0 Å². The minimum atomic E-state index is -0.507. The molecule has 2 aromatic carbocycles. The van der Waals surface area contributed by atoms with Crippen LogP contribution in [-0.2, 0) is 6.54 Å². The number of fused-ring (bicyclic) bond motifs is 1. The van der Waals surface area contributed by atoms with Crippen LogP contribution in [0.25, 0.3) is 10.9 Å². The molecule has 100 valence electrons. The zero-order valence-electron chi connectivity index (χ0n) is 10.5. The van der Waals surface area contributed by atoms with Gasteiger partial charge in [0.05, 0.1) is 17.4 Å². The second-order valence-corrected chi connectivity index (χ2v) is 4.50. The zero-order chi connectivity index (χ0) is 14.1. The highest BCUT2D eigenvalue weighted by atomic mass is 19.1. The van der Waals surface area contributed by atoms with Crippen molar-refractivity contribution in [3.63, 3.8) is 0 Å². The smallest absolute Gasteiger partial charge is 0.307 e. The molecule has 4 nitrogen and oxygen atoms in total. The van der Waals surface area contributed by atoms with E-state index in [-0.39, 0.29) is 11.9 Å². The fourth-order valence-electron chi connectivity index (χ4n) is 2.13. The molecule has 0 aliphatic carbocycles. The van der Waals surface area contributed by atoms with E-state index in [2.05, 4.69) is 4.98 Å². The van der Waals surface area contributed by atoms with E-state index in [1.807, 2.05) is 30.3 Å². The van der Waals surface area contributed by atoms with Gasteiger partial charge in [0, 0.05) is 0 Å². The molecule has 0 radical (unpaired) electrons. The first-order chi connectivity index (χ1) is 9.65. The number of aromatic nitrogens is 2. The van der Waals surface area contributed by atoms with Crippen molar-refractivity contribution in [1.82, 2.24) is 9.55 Å². The Morgan fingerprint density at radius 2 is 1.80 bits per heavy atom. The van der Waals surface area contributed by atoms with Gasteiger partial charge in [-0.2, -0.15) is 0 Å². The fourth-order valence-corrected chi connectivity index (χ4v) is 2.13. The van der Waals surface area contributed by atoms with Crippen molar-refractivity contribution in [2.24, 2.45) is 0 Å². The van der Waals surface area contributed by atoms with Gasteiger partial charge in [0.2, 0.25) is 0 Å². The number of H-pyrrole nitrogens is 1. The maximum absolute atomic E-state index is 13.2. The van der Waals surface area contributed by atoms with E-state index in [0.29, 0.717) is 5.52 Å². The molecule has 1 heterocycles. The predicted octanol–water partition coefficient (Wildman–Crippen LogP) is 1.88. The minimum absolute atomic E-state index is 0.154.